The van der Waals surface area contributed by atoms with Crippen molar-refractivity contribution in [3.05, 3.63) is 100 Å². The summed E-state index contributed by atoms with van der Waals surface area (Å²) in [6.45, 7) is 0.322. The largest absolute Gasteiger partial charge is 0.493 e. The second-order valence-electron chi connectivity index (χ2n) is 7.50. The number of halogens is 1. The second kappa shape index (κ2) is 10.3. The molecule has 1 aliphatic heterocycles. The Bertz CT molecular complexity index is 1230. The number of amides is 2. The Morgan fingerprint density at radius 1 is 0.971 bits per heavy atom. The molecular formula is C26H23ClN2O5. The maximum Gasteiger partial charge on any atom is 0.338 e. The van der Waals surface area contributed by atoms with Crippen LogP contribution in [0.25, 0.3) is 5.70 Å². The molecule has 0 radical (unpaired) electrons. The Morgan fingerprint density at radius 3 is 2.38 bits per heavy atom. The first-order chi connectivity index (χ1) is 16.5. The van der Waals surface area contributed by atoms with Crippen molar-refractivity contribution in [3.8, 4) is 11.5 Å². The molecule has 1 aliphatic rings. The van der Waals surface area contributed by atoms with Gasteiger partial charge >= 0.3 is 12.0 Å². The fourth-order valence-electron chi connectivity index (χ4n) is 3.70. The fourth-order valence-corrected chi connectivity index (χ4v) is 3.83. The number of nitrogens with one attached hydrogen (secondary N) is 2. The van der Waals surface area contributed by atoms with E-state index in [-0.39, 0.29) is 5.57 Å². The van der Waals surface area contributed by atoms with Crippen LogP contribution in [0.5, 0.6) is 11.5 Å². The Kier molecular flexibility index (Phi) is 7.04. The molecule has 4 rings (SSSR count). The van der Waals surface area contributed by atoms with E-state index in [0.717, 1.165) is 5.56 Å². The Hall–Kier alpha value is -3.97. The molecule has 0 fully saturated rings. The highest BCUT2D eigenvalue weighted by atomic mass is 35.5. The minimum Gasteiger partial charge on any atom is -0.493 e. The van der Waals surface area contributed by atoms with Gasteiger partial charge in [0, 0.05) is 5.02 Å². The van der Waals surface area contributed by atoms with E-state index in [1.165, 1.54) is 14.2 Å². The zero-order valence-electron chi connectivity index (χ0n) is 18.6. The molecule has 3 aromatic rings. The minimum absolute atomic E-state index is 0.283. The van der Waals surface area contributed by atoms with Crippen LogP contribution in [0.15, 0.2) is 78.4 Å². The van der Waals surface area contributed by atoms with Gasteiger partial charge < -0.3 is 24.8 Å². The molecule has 2 amide bonds. The van der Waals surface area contributed by atoms with Crippen LogP contribution in [-0.2, 0) is 16.1 Å². The summed E-state index contributed by atoms with van der Waals surface area (Å²) < 4.78 is 16.5. The first-order valence-electron chi connectivity index (χ1n) is 10.5. The average Bonchev–Trinajstić information content (AvgIpc) is 2.87. The number of urea groups is 1. The molecule has 0 aromatic heterocycles. The van der Waals surface area contributed by atoms with Crippen molar-refractivity contribution in [2.24, 2.45) is 0 Å². The molecule has 0 saturated heterocycles. The standard InChI is InChI=1S/C26H23ClN2O5/c1-32-21-14-18(10-13-20(21)34-15-16-8-11-19(27)12-9-16)24-22(25(30)33-2)23(28-26(31)29-24)17-6-4-3-5-7-17/h3-14,24H,15H2,1-2H3,(H2,28,29,31). The van der Waals surface area contributed by atoms with Crippen molar-refractivity contribution >= 4 is 29.3 Å². The maximum atomic E-state index is 12.8. The van der Waals surface area contributed by atoms with Crippen LogP contribution in [-0.4, -0.2) is 26.2 Å². The van der Waals surface area contributed by atoms with Crippen LogP contribution in [0.3, 0.4) is 0 Å². The van der Waals surface area contributed by atoms with Crippen molar-refractivity contribution < 1.29 is 23.8 Å². The van der Waals surface area contributed by atoms with Crippen molar-refractivity contribution in [2.45, 2.75) is 12.6 Å². The number of carbonyl (C=O) groups is 2. The zero-order chi connectivity index (χ0) is 24.1. The van der Waals surface area contributed by atoms with Crippen LogP contribution in [0, 0.1) is 0 Å². The molecule has 34 heavy (non-hydrogen) atoms. The van der Waals surface area contributed by atoms with E-state index in [9.17, 15) is 9.59 Å². The van der Waals surface area contributed by atoms with E-state index < -0.39 is 18.0 Å². The molecular weight excluding hydrogens is 456 g/mol. The van der Waals surface area contributed by atoms with Gasteiger partial charge in [-0.3, -0.25) is 0 Å². The predicted molar refractivity (Wildman–Crippen MR) is 129 cm³/mol. The maximum absolute atomic E-state index is 12.8. The van der Waals surface area contributed by atoms with Crippen LogP contribution in [0.1, 0.15) is 22.7 Å². The lowest BCUT2D eigenvalue weighted by Gasteiger charge is -2.29. The first-order valence-corrected chi connectivity index (χ1v) is 10.9. The van der Waals surface area contributed by atoms with Crippen molar-refractivity contribution in [2.75, 3.05) is 14.2 Å². The molecule has 1 heterocycles. The van der Waals surface area contributed by atoms with Crippen molar-refractivity contribution in [1.82, 2.24) is 10.6 Å². The monoisotopic (exact) mass is 478 g/mol. The van der Waals surface area contributed by atoms with Gasteiger partial charge in [-0.15, -0.1) is 0 Å². The number of benzene rings is 3. The molecule has 1 atom stereocenters. The molecule has 3 aromatic carbocycles. The summed E-state index contributed by atoms with van der Waals surface area (Å²) in [5, 5.41) is 6.21. The SMILES string of the molecule is COC(=O)C1=C(c2ccccc2)NC(=O)NC1c1ccc(OCc2ccc(Cl)cc2)c(OC)c1. The van der Waals surface area contributed by atoms with Gasteiger partial charge in [0.15, 0.2) is 11.5 Å². The summed E-state index contributed by atoms with van der Waals surface area (Å²) in [5.74, 6) is 0.427. The highest BCUT2D eigenvalue weighted by Crippen LogP contribution is 2.36. The third-order valence-electron chi connectivity index (χ3n) is 5.37. The molecule has 0 saturated carbocycles. The number of methoxy groups -OCH3 is 2. The van der Waals surface area contributed by atoms with Crippen LogP contribution in [0.2, 0.25) is 5.02 Å². The smallest absolute Gasteiger partial charge is 0.338 e. The number of ether oxygens (including phenoxy) is 3. The van der Waals surface area contributed by atoms with E-state index in [1.807, 2.05) is 42.5 Å². The lowest BCUT2D eigenvalue weighted by atomic mass is 9.92. The van der Waals surface area contributed by atoms with Crippen molar-refractivity contribution in [3.63, 3.8) is 0 Å². The summed E-state index contributed by atoms with van der Waals surface area (Å²) in [4.78, 5) is 25.3. The average molecular weight is 479 g/mol. The molecule has 0 spiro atoms. The molecule has 8 heteroatoms. The number of rotatable bonds is 7. The third-order valence-corrected chi connectivity index (χ3v) is 5.62. The number of hydrogen-bond donors (Lipinski definition) is 2. The van der Waals surface area contributed by atoms with E-state index in [4.69, 9.17) is 25.8 Å². The van der Waals surface area contributed by atoms with Gasteiger partial charge in [-0.2, -0.15) is 0 Å². The Labute approximate surface area is 202 Å². The van der Waals surface area contributed by atoms with Gasteiger partial charge in [0.2, 0.25) is 0 Å². The third kappa shape index (κ3) is 5.00. The summed E-state index contributed by atoms with van der Waals surface area (Å²) in [6, 6.07) is 20.6. The summed E-state index contributed by atoms with van der Waals surface area (Å²) in [5.41, 5.74) is 2.95. The zero-order valence-corrected chi connectivity index (χ0v) is 19.4. The highest BCUT2D eigenvalue weighted by molar-refractivity contribution is 6.30. The molecule has 174 valence electrons. The lowest BCUT2D eigenvalue weighted by Crippen LogP contribution is -2.45. The number of hydrogen-bond acceptors (Lipinski definition) is 5. The van der Waals surface area contributed by atoms with Crippen LogP contribution in [0.4, 0.5) is 4.79 Å². The fraction of sp³-hybridized carbons (Fsp3) is 0.154. The van der Waals surface area contributed by atoms with Crippen molar-refractivity contribution in [1.29, 1.82) is 0 Å². The van der Waals surface area contributed by atoms with Gasteiger partial charge in [0.25, 0.3) is 0 Å². The predicted octanol–water partition coefficient (Wildman–Crippen LogP) is 4.87. The summed E-state index contributed by atoms with van der Waals surface area (Å²) in [7, 11) is 2.83. The van der Waals surface area contributed by atoms with Crippen LogP contribution < -0.4 is 20.1 Å². The minimum atomic E-state index is -0.754. The summed E-state index contributed by atoms with van der Waals surface area (Å²) in [6.07, 6.45) is 0. The summed E-state index contributed by atoms with van der Waals surface area (Å²) >= 11 is 5.94. The lowest BCUT2D eigenvalue weighted by molar-refractivity contribution is -0.136. The van der Waals surface area contributed by atoms with E-state index in [0.29, 0.717) is 40.0 Å². The molecule has 0 bridgehead atoms. The van der Waals surface area contributed by atoms with Gasteiger partial charge in [0.05, 0.1) is 31.5 Å². The normalized spacial score (nSPS) is 15.3. The van der Waals surface area contributed by atoms with Gasteiger partial charge in [-0.25, -0.2) is 9.59 Å². The molecule has 0 aliphatic carbocycles. The van der Waals surface area contributed by atoms with Gasteiger partial charge in [-0.1, -0.05) is 60.1 Å². The Morgan fingerprint density at radius 2 is 1.71 bits per heavy atom. The van der Waals surface area contributed by atoms with Gasteiger partial charge in [0.1, 0.15) is 6.61 Å². The van der Waals surface area contributed by atoms with Crippen LogP contribution >= 0.6 is 11.6 Å². The first kappa shape index (κ1) is 23.2. The quantitative estimate of drug-likeness (QED) is 0.473. The van der Waals surface area contributed by atoms with E-state index in [2.05, 4.69) is 10.6 Å². The molecule has 2 N–H and O–H groups in total. The molecule has 7 nitrogen and oxygen atoms in total. The number of carbonyl (C=O) groups excluding carboxylic acids is 2. The topological polar surface area (TPSA) is 85.9 Å². The highest BCUT2D eigenvalue weighted by Gasteiger charge is 2.34. The molecule has 1 unspecified atom stereocenters. The van der Waals surface area contributed by atoms with E-state index >= 15 is 0 Å². The van der Waals surface area contributed by atoms with Gasteiger partial charge in [-0.05, 0) is 41.0 Å². The number of esters is 1. The Balaban J connectivity index is 1.69. The van der Waals surface area contributed by atoms with E-state index in [1.54, 1.807) is 30.3 Å². The second-order valence-corrected chi connectivity index (χ2v) is 7.94.